The van der Waals surface area contributed by atoms with Crippen LogP contribution in [0.2, 0.25) is 0 Å². The quantitative estimate of drug-likeness (QED) is 0.689. The Morgan fingerprint density at radius 2 is 1.78 bits per heavy atom. The zero-order chi connectivity index (χ0) is 22.5. The summed E-state index contributed by atoms with van der Waals surface area (Å²) in [4.78, 5) is 15.0. The molecule has 1 saturated carbocycles. The number of carbonyl (C=O) groups is 1. The van der Waals surface area contributed by atoms with Crippen molar-refractivity contribution in [1.82, 2.24) is 24.0 Å². The first-order valence-corrected chi connectivity index (χ1v) is 13.4. The summed E-state index contributed by atoms with van der Waals surface area (Å²) >= 11 is 0. The molecule has 178 valence electrons. The predicted molar refractivity (Wildman–Crippen MR) is 119 cm³/mol. The highest BCUT2D eigenvalue weighted by atomic mass is 32.2. The van der Waals surface area contributed by atoms with E-state index in [2.05, 4.69) is 22.4 Å². The molecule has 32 heavy (non-hydrogen) atoms. The average molecular weight is 466 g/mol. The van der Waals surface area contributed by atoms with Crippen LogP contribution in [0, 0.1) is 0 Å². The third-order valence-electron chi connectivity index (χ3n) is 7.82. The van der Waals surface area contributed by atoms with Gasteiger partial charge in [-0.15, -0.1) is 0 Å². The standard InChI is InChI=1S/C22H35N5O4S/c1-25-10-8-17(9-11-25)26(2)32(29,30)27-18-4-3-5-19(27)13-16(12-18)23-22(28)20-14-21(31-24-20)15-6-7-15/h14-19H,3-13H2,1-2H3,(H,23,28)/t16-,18-,19+. The second-order valence-electron chi connectivity index (χ2n) is 10.2. The molecule has 3 aliphatic heterocycles. The Hall–Kier alpha value is -1.49. The van der Waals surface area contributed by atoms with Crippen molar-refractivity contribution in [2.75, 3.05) is 27.2 Å². The van der Waals surface area contributed by atoms with Gasteiger partial charge in [0.15, 0.2) is 5.69 Å². The van der Waals surface area contributed by atoms with Crippen LogP contribution in [0.25, 0.3) is 0 Å². The van der Waals surface area contributed by atoms with Crippen LogP contribution in [-0.2, 0) is 10.2 Å². The smallest absolute Gasteiger partial charge is 0.282 e. The number of fused-ring (bicyclic) bond motifs is 2. The maximum atomic E-state index is 13.6. The number of piperidine rings is 3. The van der Waals surface area contributed by atoms with Gasteiger partial charge in [-0.2, -0.15) is 17.0 Å². The minimum absolute atomic E-state index is 0.0426. The molecule has 0 aromatic carbocycles. The van der Waals surface area contributed by atoms with E-state index < -0.39 is 10.2 Å². The summed E-state index contributed by atoms with van der Waals surface area (Å²) in [6.07, 6.45) is 7.96. The van der Waals surface area contributed by atoms with E-state index >= 15 is 0 Å². The first kappa shape index (κ1) is 22.3. The molecule has 1 aromatic rings. The molecule has 9 nitrogen and oxygen atoms in total. The molecule has 4 fully saturated rings. The molecule has 0 radical (unpaired) electrons. The highest BCUT2D eigenvalue weighted by Crippen LogP contribution is 2.40. The fraction of sp³-hybridized carbons (Fsp3) is 0.818. The number of hydrogen-bond acceptors (Lipinski definition) is 6. The Labute approximate surface area is 190 Å². The molecular weight excluding hydrogens is 430 g/mol. The Morgan fingerprint density at radius 1 is 1.12 bits per heavy atom. The Bertz CT molecular complexity index is 924. The van der Waals surface area contributed by atoms with E-state index in [0.717, 1.165) is 63.8 Å². The topological polar surface area (TPSA) is 99.0 Å². The Morgan fingerprint density at radius 3 is 2.41 bits per heavy atom. The summed E-state index contributed by atoms with van der Waals surface area (Å²) in [5.74, 6) is 0.992. The number of aromatic nitrogens is 1. The lowest BCUT2D eigenvalue weighted by atomic mass is 9.84. The molecular formula is C22H35N5O4S. The summed E-state index contributed by atoms with van der Waals surface area (Å²) in [5.41, 5.74) is 0.328. The van der Waals surface area contributed by atoms with Gasteiger partial charge < -0.3 is 14.7 Å². The molecule has 2 bridgehead atoms. The zero-order valence-corrected chi connectivity index (χ0v) is 19.9. The fourth-order valence-electron chi connectivity index (χ4n) is 5.74. The van der Waals surface area contributed by atoms with Gasteiger partial charge in [0.1, 0.15) is 5.76 Å². The van der Waals surface area contributed by atoms with Gasteiger partial charge in [0.05, 0.1) is 0 Å². The number of carbonyl (C=O) groups excluding carboxylic acids is 1. The lowest BCUT2D eigenvalue weighted by molar-refractivity contribution is 0.0749. The normalized spacial score (nSPS) is 30.5. The lowest BCUT2D eigenvalue weighted by Crippen LogP contribution is -2.62. The number of amides is 1. The minimum atomic E-state index is -3.53. The van der Waals surface area contributed by atoms with E-state index in [1.165, 1.54) is 0 Å². The van der Waals surface area contributed by atoms with E-state index in [9.17, 15) is 13.2 Å². The monoisotopic (exact) mass is 465 g/mol. The number of likely N-dealkylation sites (tertiary alicyclic amines) is 1. The van der Waals surface area contributed by atoms with Gasteiger partial charge in [0.25, 0.3) is 16.1 Å². The molecule has 4 heterocycles. The molecule has 5 rings (SSSR count). The largest absolute Gasteiger partial charge is 0.360 e. The van der Waals surface area contributed by atoms with Crippen molar-refractivity contribution in [3.8, 4) is 0 Å². The predicted octanol–water partition coefficient (Wildman–Crippen LogP) is 1.94. The van der Waals surface area contributed by atoms with Crippen molar-refractivity contribution in [2.45, 2.75) is 87.9 Å². The van der Waals surface area contributed by atoms with Gasteiger partial charge in [0.2, 0.25) is 0 Å². The molecule has 3 saturated heterocycles. The maximum absolute atomic E-state index is 13.6. The van der Waals surface area contributed by atoms with Crippen molar-refractivity contribution in [2.24, 2.45) is 0 Å². The zero-order valence-electron chi connectivity index (χ0n) is 19.1. The molecule has 1 amide bonds. The van der Waals surface area contributed by atoms with E-state index in [1.54, 1.807) is 21.7 Å². The van der Waals surface area contributed by atoms with Gasteiger partial charge in [-0.05, 0) is 71.5 Å². The second-order valence-corrected chi connectivity index (χ2v) is 12.1. The van der Waals surface area contributed by atoms with Crippen LogP contribution in [0.3, 0.4) is 0 Å². The maximum Gasteiger partial charge on any atom is 0.282 e. The van der Waals surface area contributed by atoms with E-state index in [4.69, 9.17) is 4.52 Å². The Kier molecular flexibility index (Phi) is 6.06. The van der Waals surface area contributed by atoms with Crippen molar-refractivity contribution in [3.63, 3.8) is 0 Å². The van der Waals surface area contributed by atoms with Crippen LogP contribution in [0.1, 0.15) is 80.0 Å². The SMILES string of the molecule is CN1CCC(N(C)S(=O)(=O)N2[C@@H]3CCC[C@H]2C[C@H](NC(=O)c2cc(C4CC4)on2)C3)CC1. The second kappa shape index (κ2) is 8.70. The minimum Gasteiger partial charge on any atom is -0.360 e. The third-order valence-corrected chi connectivity index (χ3v) is 9.97. The number of nitrogens with zero attached hydrogens (tertiary/aromatic N) is 4. The van der Waals surface area contributed by atoms with Crippen molar-refractivity contribution in [1.29, 1.82) is 0 Å². The summed E-state index contributed by atoms with van der Waals surface area (Å²) in [6.45, 7) is 1.85. The van der Waals surface area contributed by atoms with Gasteiger partial charge in [0, 0.05) is 43.2 Å². The van der Waals surface area contributed by atoms with Gasteiger partial charge in [-0.3, -0.25) is 4.79 Å². The number of nitrogens with one attached hydrogen (secondary N) is 1. The van der Waals surface area contributed by atoms with Crippen LogP contribution >= 0.6 is 0 Å². The molecule has 1 aromatic heterocycles. The first-order chi connectivity index (χ1) is 15.3. The van der Waals surface area contributed by atoms with Crippen LogP contribution in [0.5, 0.6) is 0 Å². The molecule has 10 heteroatoms. The van der Waals surface area contributed by atoms with Crippen LogP contribution in [0.15, 0.2) is 10.6 Å². The van der Waals surface area contributed by atoms with Crippen molar-refractivity contribution >= 4 is 16.1 Å². The van der Waals surface area contributed by atoms with E-state index in [1.807, 2.05) is 0 Å². The van der Waals surface area contributed by atoms with Gasteiger partial charge in [-0.25, -0.2) is 0 Å². The van der Waals surface area contributed by atoms with Crippen molar-refractivity contribution in [3.05, 3.63) is 17.5 Å². The highest BCUT2D eigenvalue weighted by molar-refractivity contribution is 7.86. The third kappa shape index (κ3) is 4.34. The molecule has 3 atom stereocenters. The molecule has 1 N–H and O–H groups in total. The summed E-state index contributed by atoms with van der Waals surface area (Å²) in [6, 6.07) is 1.64. The number of rotatable bonds is 6. The number of hydrogen-bond donors (Lipinski definition) is 1. The molecule has 4 aliphatic rings. The first-order valence-electron chi connectivity index (χ1n) is 12.1. The van der Waals surface area contributed by atoms with Gasteiger partial charge in [-0.1, -0.05) is 11.6 Å². The van der Waals surface area contributed by atoms with E-state index in [0.29, 0.717) is 24.5 Å². The summed E-state index contributed by atoms with van der Waals surface area (Å²) in [7, 11) is 0.297. The Balaban J connectivity index is 1.25. The molecule has 0 spiro atoms. The van der Waals surface area contributed by atoms with Crippen LogP contribution in [0.4, 0.5) is 0 Å². The molecule has 1 aliphatic carbocycles. The summed E-state index contributed by atoms with van der Waals surface area (Å²) < 4.78 is 36.0. The molecule has 0 unspecified atom stereocenters. The summed E-state index contributed by atoms with van der Waals surface area (Å²) in [5, 5.41) is 7.05. The highest BCUT2D eigenvalue weighted by Gasteiger charge is 2.47. The lowest BCUT2D eigenvalue weighted by Gasteiger charge is -2.49. The van der Waals surface area contributed by atoms with Gasteiger partial charge >= 0.3 is 0 Å². The average Bonchev–Trinajstić information content (AvgIpc) is 3.49. The fourth-order valence-corrected chi connectivity index (χ4v) is 7.77. The van der Waals surface area contributed by atoms with Crippen molar-refractivity contribution < 1.29 is 17.7 Å². The van der Waals surface area contributed by atoms with E-state index in [-0.39, 0.29) is 30.1 Å². The van der Waals surface area contributed by atoms with Crippen LogP contribution < -0.4 is 5.32 Å². The van der Waals surface area contributed by atoms with Crippen LogP contribution in [-0.4, -0.2) is 84.3 Å².